The summed E-state index contributed by atoms with van der Waals surface area (Å²) in [6.07, 6.45) is 9.90. The summed E-state index contributed by atoms with van der Waals surface area (Å²) in [6, 6.07) is 12.1. The molecule has 1 heteroatoms. The van der Waals surface area contributed by atoms with E-state index in [2.05, 4.69) is 51.2 Å². The van der Waals surface area contributed by atoms with Crippen molar-refractivity contribution in [2.75, 3.05) is 0 Å². The first-order valence-corrected chi connectivity index (χ1v) is 12.0. The predicted molar refractivity (Wildman–Crippen MR) is 95.4 cm³/mol. The van der Waals surface area contributed by atoms with Crippen LogP contribution >= 0.6 is 0 Å². The zero-order valence-corrected chi connectivity index (χ0v) is 15.2. The molecule has 0 aromatic heterocycles. The van der Waals surface area contributed by atoms with Crippen molar-refractivity contribution in [3.8, 4) is 0 Å². The van der Waals surface area contributed by atoms with Gasteiger partial charge in [0.15, 0.2) is 0 Å². The molecule has 0 aliphatic heterocycles. The third kappa shape index (κ3) is 7.89. The van der Waals surface area contributed by atoms with Crippen molar-refractivity contribution in [2.24, 2.45) is 0 Å². The summed E-state index contributed by atoms with van der Waals surface area (Å²) >= 11 is 0. The van der Waals surface area contributed by atoms with E-state index >= 15 is 0 Å². The molecule has 1 aromatic rings. The number of hydrogen-bond donors (Lipinski definition) is 0. The second-order valence-electron chi connectivity index (χ2n) is 7.17. The molecular weight excluding hydrogens is 256 g/mol. The highest BCUT2D eigenvalue weighted by Crippen LogP contribution is 2.22. The quantitative estimate of drug-likeness (QED) is 0.336. The van der Waals surface area contributed by atoms with E-state index in [0.717, 1.165) is 0 Å². The van der Waals surface area contributed by atoms with Gasteiger partial charge in [-0.3, -0.25) is 0 Å². The van der Waals surface area contributed by atoms with Crippen molar-refractivity contribution in [3.63, 3.8) is 0 Å². The SMILES string of the molecule is CCCCCCCC[Si](C)(C)CCc1ccc(C)cc1. The Morgan fingerprint density at radius 2 is 1.40 bits per heavy atom. The number of unbranched alkanes of at least 4 members (excludes halogenated alkanes) is 5. The van der Waals surface area contributed by atoms with Gasteiger partial charge in [-0.25, -0.2) is 0 Å². The molecule has 0 bridgehead atoms. The van der Waals surface area contributed by atoms with Crippen molar-refractivity contribution >= 4 is 8.07 Å². The smallest absolute Gasteiger partial charge is 0.0477 e. The second kappa shape index (κ2) is 9.39. The van der Waals surface area contributed by atoms with Crippen LogP contribution in [0.5, 0.6) is 0 Å². The van der Waals surface area contributed by atoms with Crippen LogP contribution in [0.3, 0.4) is 0 Å². The lowest BCUT2D eigenvalue weighted by Crippen LogP contribution is -2.25. The molecule has 0 fully saturated rings. The summed E-state index contributed by atoms with van der Waals surface area (Å²) < 4.78 is 0. The van der Waals surface area contributed by atoms with Crippen LogP contribution in [0.1, 0.15) is 56.6 Å². The van der Waals surface area contributed by atoms with Crippen LogP contribution in [-0.2, 0) is 6.42 Å². The van der Waals surface area contributed by atoms with Gasteiger partial charge in [0.2, 0.25) is 0 Å². The highest BCUT2D eigenvalue weighted by molar-refractivity contribution is 6.77. The summed E-state index contributed by atoms with van der Waals surface area (Å²) in [5.41, 5.74) is 2.90. The first-order valence-electron chi connectivity index (χ1n) is 8.59. The van der Waals surface area contributed by atoms with Gasteiger partial charge in [0.1, 0.15) is 0 Å². The molecule has 0 nitrogen and oxygen atoms in total. The van der Waals surface area contributed by atoms with Crippen LogP contribution < -0.4 is 0 Å². The molecule has 0 saturated heterocycles. The molecule has 0 spiro atoms. The maximum absolute atomic E-state index is 2.58. The highest BCUT2D eigenvalue weighted by atomic mass is 28.3. The molecule has 0 heterocycles. The predicted octanol–water partition coefficient (Wildman–Crippen LogP) is 6.61. The molecule has 0 aliphatic carbocycles. The number of rotatable bonds is 10. The lowest BCUT2D eigenvalue weighted by Gasteiger charge is -2.22. The third-order valence-electron chi connectivity index (χ3n) is 4.42. The van der Waals surface area contributed by atoms with Crippen molar-refractivity contribution in [2.45, 2.75) is 84.0 Å². The molecule has 0 N–H and O–H groups in total. The molecular formula is C19H34Si. The Hall–Kier alpha value is -0.563. The van der Waals surface area contributed by atoms with E-state index in [-0.39, 0.29) is 0 Å². The third-order valence-corrected chi connectivity index (χ3v) is 7.73. The van der Waals surface area contributed by atoms with Gasteiger partial charge in [-0.1, -0.05) is 100 Å². The van der Waals surface area contributed by atoms with Crippen molar-refractivity contribution in [3.05, 3.63) is 35.4 Å². The maximum atomic E-state index is 2.58. The van der Waals surface area contributed by atoms with E-state index in [1.165, 1.54) is 68.2 Å². The number of benzene rings is 1. The largest absolute Gasteiger partial charge is 0.0693 e. The first kappa shape index (κ1) is 17.5. The molecule has 0 amide bonds. The normalized spacial score (nSPS) is 11.8. The molecule has 0 radical (unpaired) electrons. The molecule has 0 saturated carbocycles. The Kier molecular flexibility index (Phi) is 8.21. The van der Waals surface area contributed by atoms with Crippen LogP contribution in [0.4, 0.5) is 0 Å². The first-order chi connectivity index (χ1) is 9.53. The highest BCUT2D eigenvalue weighted by Gasteiger charge is 2.19. The van der Waals surface area contributed by atoms with Crippen LogP contribution in [0.25, 0.3) is 0 Å². The zero-order valence-electron chi connectivity index (χ0n) is 14.2. The Morgan fingerprint density at radius 3 is 2.05 bits per heavy atom. The molecule has 114 valence electrons. The maximum Gasteiger partial charge on any atom is 0.0477 e. The van der Waals surface area contributed by atoms with Crippen LogP contribution in [0.15, 0.2) is 24.3 Å². The fourth-order valence-corrected chi connectivity index (χ4v) is 5.17. The van der Waals surface area contributed by atoms with Crippen molar-refractivity contribution in [1.29, 1.82) is 0 Å². The Balaban J connectivity index is 2.18. The van der Waals surface area contributed by atoms with E-state index in [0.29, 0.717) is 0 Å². The van der Waals surface area contributed by atoms with E-state index in [9.17, 15) is 0 Å². The van der Waals surface area contributed by atoms with Crippen LogP contribution in [0.2, 0.25) is 25.2 Å². The molecule has 20 heavy (non-hydrogen) atoms. The van der Waals surface area contributed by atoms with Crippen LogP contribution in [-0.4, -0.2) is 8.07 Å². The second-order valence-corrected chi connectivity index (χ2v) is 12.5. The van der Waals surface area contributed by atoms with Gasteiger partial charge in [0.05, 0.1) is 0 Å². The average molecular weight is 291 g/mol. The number of hydrogen-bond acceptors (Lipinski definition) is 0. The minimum absolute atomic E-state index is 0.968. The van der Waals surface area contributed by atoms with Gasteiger partial charge in [-0.2, -0.15) is 0 Å². The van der Waals surface area contributed by atoms with Gasteiger partial charge in [-0.15, -0.1) is 0 Å². The Morgan fingerprint density at radius 1 is 0.800 bits per heavy atom. The van der Waals surface area contributed by atoms with E-state index in [1.807, 2.05) is 0 Å². The summed E-state index contributed by atoms with van der Waals surface area (Å²) in [6.45, 7) is 9.61. The van der Waals surface area contributed by atoms with Gasteiger partial charge in [-0.05, 0) is 18.9 Å². The average Bonchev–Trinajstić information content (AvgIpc) is 2.42. The molecule has 1 aromatic carbocycles. The lowest BCUT2D eigenvalue weighted by molar-refractivity contribution is 0.622. The summed E-state index contributed by atoms with van der Waals surface area (Å²) in [7, 11) is -0.968. The minimum Gasteiger partial charge on any atom is -0.0693 e. The van der Waals surface area contributed by atoms with E-state index in [1.54, 1.807) is 0 Å². The lowest BCUT2D eigenvalue weighted by atomic mass is 10.1. The summed E-state index contributed by atoms with van der Waals surface area (Å²) in [5.74, 6) is 0. The standard InChI is InChI=1S/C19H34Si/c1-5-6-7-8-9-10-16-20(3,4)17-15-19-13-11-18(2)12-14-19/h11-14H,5-10,15-17H2,1-4H3. The topological polar surface area (TPSA) is 0 Å². The summed E-state index contributed by atoms with van der Waals surface area (Å²) in [5, 5.41) is 0. The zero-order chi connectivity index (χ0) is 14.8. The van der Waals surface area contributed by atoms with Gasteiger partial charge in [0, 0.05) is 8.07 Å². The fourth-order valence-electron chi connectivity index (χ4n) is 2.75. The van der Waals surface area contributed by atoms with Gasteiger partial charge < -0.3 is 0 Å². The molecule has 0 unspecified atom stereocenters. The molecule has 1 rings (SSSR count). The molecule has 0 aliphatic rings. The number of aryl methyl sites for hydroxylation is 2. The van der Waals surface area contributed by atoms with Crippen LogP contribution in [0, 0.1) is 6.92 Å². The molecule has 0 atom stereocenters. The van der Waals surface area contributed by atoms with E-state index in [4.69, 9.17) is 0 Å². The van der Waals surface area contributed by atoms with E-state index < -0.39 is 8.07 Å². The van der Waals surface area contributed by atoms with Crippen molar-refractivity contribution in [1.82, 2.24) is 0 Å². The fraction of sp³-hybridized carbons (Fsp3) is 0.684. The minimum atomic E-state index is -0.968. The van der Waals surface area contributed by atoms with Gasteiger partial charge in [0.25, 0.3) is 0 Å². The van der Waals surface area contributed by atoms with Gasteiger partial charge >= 0.3 is 0 Å². The Bertz CT molecular complexity index is 351. The Labute approximate surface area is 128 Å². The summed E-state index contributed by atoms with van der Waals surface area (Å²) in [4.78, 5) is 0. The monoisotopic (exact) mass is 290 g/mol. The van der Waals surface area contributed by atoms with Crippen molar-refractivity contribution < 1.29 is 0 Å².